The summed E-state index contributed by atoms with van der Waals surface area (Å²) in [6, 6.07) is 0. The van der Waals surface area contributed by atoms with Gasteiger partial charge in [-0.25, -0.2) is 0 Å². The minimum atomic E-state index is 0.192. The van der Waals surface area contributed by atoms with Crippen LogP contribution in [0.3, 0.4) is 0 Å². The highest BCUT2D eigenvalue weighted by atomic mass is 32.1. The van der Waals surface area contributed by atoms with Gasteiger partial charge >= 0.3 is 4.90 Å². The van der Waals surface area contributed by atoms with Crippen LogP contribution in [0.5, 0.6) is 0 Å². The summed E-state index contributed by atoms with van der Waals surface area (Å²) >= 11 is 4.50. The van der Waals surface area contributed by atoms with Crippen LogP contribution in [0.1, 0.15) is 5.76 Å². The average Bonchev–Trinajstić information content (AvgIpc) is 2.20. The Labute approximate surface area is 57.9 Å². The van der Waals surface area contributed by atoms with E-state index in [1.165, 1.54) is 6.26 Å². The van der Waals surface area contributed by atoms with Gasteiger partial charge in [0.2, 0.25) is 0 Å². The fourth-order valence-corrected chi connectivity index (χ4v) is 0.490. The van der Waals surface area contributed by atoms with Crippen molar-refractivity contribution in [3.8, 4) is 0 Å². The van der Waals surface area contributed by atoms with E-state index in [2.05, 4.69) is 16.6 Å². The molecule has 0 atom stereocenters. The molecule has 0 fully saturated rings. The van der Waals surface area contributed by atoms with Crippen LogP contribution in [-0.2, 0) is 0 Å². The molecule has 1 rings (SSSR count). The van der Waals surface area contributed by atoms with Gasteiger partial charge in [-0.3, -0.25) is 0 Å². The molecule has 3 nitrogen and oxygen atoms in total. The quantitative estimate of drug-likeness (QED) is 0.566. The van der Waals surface area contributed by atoms with Crippen molar-refractivity contribution >= 4 is 12.2 Å². The molecule has 0 amide bonds. The third kappa shape index (κ3) is 3.05. The molecule has 1 heterocycles. The van der Waals surface area contributed by atoms with Crippen molar-refractivity contribution in [2.45, 2.75) is 6.92 Å². The lowest BCUT2D eigenvalue weighted by atomic mass is 10.6. The maximum absolute atomic E-state index is 7.00. The van der Waals surface area contributed by atoms with E-state index in [1.807, 2.05) is 0 Å². The molecular weight excluding hydrogens is 140 g/mol. The van der Waals surface area contributed by atoms with Crippen LogP contribution in [-0.4, -0.2) is 12.2 Å². The van der Waals surface area contributed by atoms with Crippen molar-refractivity contribution in [1.82, 2.24) is 0 Å². The first-order chi connectivity index (χ1) is 4.29. The van der Waals surface area contributed by atoms with E-state index in [4.69, 9.17) is 9.52 Å². The molecular formula is C5H8O3S. The Hall–Kier alpha value is -0.610. The molecule has 0 saturated carbocycles. The second-order valence-electron chi connectivity index (χ2n) is 1.20. The maximum Gasteiger partial charge on any atom is 0.362 e. The van der Waals surface area contributed by atoms with Crippen molar-refractivity contribution < 1.29 is 13.9 Å². The molecule has 0 radical (unpaired) electrons. The number of rotatable bonds is 0. The van der Waals surface area contributed by atoms with Gasteiger partial charge in [-0.1, -0.05) is 0 Å². The summed E-state index contributed by atoms with van der Waals surface area (Å²) in [5.74, 6) is 0.713. The maximum atomic E-state index is 7.00. The SMILES string of the molecule is CO.Cc1coc(=S)o1. The summed E-state index contributed by atoms with van der Waals surface area (Å²) in [6.07, 6.45) is 1.47. The van der Waals surface area contributed by atoms with Gasteiger partial charge in [-0.15, -0.1) is 0 Å². The monoisotopic (exact) mass is 148 g/mol. The van der Waals surface area contributed by atoms with Crippen LogP contribution in [0.2, 0.25) is 0 Å². The topological polar surface area (TPSA) is 46.5 Å². The molecule has 1 aromatic heterocycles. The Bertz CT molecular complexity index is 200. The first kappa shape index (κ1) is 8.39. The Morgan fingerprint density at radius 1 is 1.56 bits per heavy atom. The third-order valence-electron chi connectivity index (χ3n) is 0.565. The molecule has 1 aromatic rings. The molecule has 0 aliphatic rings. The Kier molecular flexibility index (Phi) is 4.00. The lowest BCUT2D eigenvalue weighted by Gasteiger charge is -1.64. The van der Waals surface area contributed by atoms with Gasteiger partial charge in [0.1, 0.15) is 12.0 Å². The fraction of sp³-hybridized carbons (Fsp3) is 0.400. The van der Waals surface area contributed by atoms with Crippen LogP contribution in [0.4, 0.5) is 0 Å². The second-order valence-corrected chi connectivity index (χ2v) is 1.53. The van der Waals surface area contributed by atoms with Gasteiger partial charge in [0.15, 0.2) is 0 Å². The van der Waals surface area contributed by atoms with Crippen molar-refractivity contribution in [2.24, 2.45) is 0 Å². The highest BCUT2D eigenvalue weighted by molar-refractivity contribution is 7.71. The smallest absolute Gasteiger partial charge is 0.362 e. The van der Waals surface area contributed by atoms with Crippen LogP contribution in [0.15, 0.2) is 15.1 Å². The Morgan fingerprint density at radius 2 is 2.11 bits per heavy atom. The van der Waals surface area contributed by atoms with E-state index in [0.29, 0.717) is 5.76 Å². The van der Waals surface area contributed by atoms with E-state index >= 15 is 0 Å². The molecule has 0 aromatic carbocycles. The summed E-state index contributed by atoms with van der Waals surface area (Å²) in [7, 11) is 1.00. The number of aliphatic hydroxyl groups is 1. The fourth-order valence-electron chi connectivity index (χ4n) is 0.311. The van der Waals surface area contributed by atoms with E-state index in [0.717, 1.165) is 7.11 Å². The van der Waals surface area contributed by atoms with Crippen molar-refractivity contribution in [2.75, 3.05) is 7.11 Å². The Balaban J connectivity index is 0.000000291. The van der Waals surface area contributed by atoms with Gasteiger partial charge < -0.3 is 13.9 Å². The molecule has 0 aliphatic heterocycles. The molecule has 0 bridgehead atoms. The zero-order valence-corrected chi connectivity index (χ0v) is 6.07. The first-order valence-corrected chi connectivity index (χ1v) is 2.70. The van der Waals surface area contributed by atoms with Gasteiger partial charge in [-0.2, -0.15) is 0 Å². The Morgan fingerprint density at radius 3 is 2.22 bits per heavy atom. The van der Waals surface area contributed by atoms with Gasteiger partial charge in [0, 0.05) is 19.3 Å². The minimum Gasteiger partial charge on any atom is -0.422 e. The van der Waals surface area contributed by atoms with Gasteiger partial charge in [-0.05, 0) is 6.92 Å². The van der Waals surface area contributed by atoms with E-state index in [1.54, 1.807) is 6.92 Å². The number of aryl methyl sites for hydroxylation is 1. The first-order valence-electron chi connectivity index (χ1n) is 2.29. The highest BCUT2D eigenvalue weighted by Crippen LogP contribution is 1.98. The second kappa shape index (κ2) is 4.29. The molecule has 4 heteroatoms. The summed E-state index contributed by atoms with van der Waals surface area (Å²) in [5.41, 5.74) is 0. The molecule has 0 spiro atoms. The molecule has 52 valence electrons. The number of hydrogen-bond donors (Lipinski definition) is 1. The third-order valence-corrected chi connectivity index (χ3v) is 0.745. The van der Waals surface area contributed by atoms with Gasteiger partial charge in [0.25, 0.3) is 0 Å². The zero-order valence-electron chi connectivity index (χ0n) is 5.25. The zero-order chi connectivity index (χ0) is 7.28. The van der Waals surface area contributed by atoms with Crippen molar-refractivity contribution in [3.63, 3.8) is 0 Å². The van der Waals surface area contributed by atoms with Crippen molar-refractivity contribution in [3.05, 3.63) is 16.9 Å². The highest BCUT2D eigenvalue weighted by Gasteiger charge is 1.84. The van der Waals surface area contributed by atoms with Crippen LogP contribution >= 0.6 is 12.2 Å². The van der Waals surface area contributed by atoms with Crippen LogP contribution in [0.25, 0.3) is 0 Å². The van der Waals surface area contributed by atoms with E-state index in [9.17, 15) is 0 Å². The number of aliphatic hydroxyl groups excluding tert-OH is 1. The predicted octanol–water partition coefficient (Wildman–Crippen LogP) is 1.52. The molecule has 1 N–H and O–H groups in total. The summed E-state index contributed by atoms with van der Waals surface area (Å²) in [6.45, 7) is 1.78. The average molecular weight is 148 g/mol. The van der Waals surface area contributed by atoms with Gasteiger partial charge in [0.05, 0.1) is 0 Å². The van der Waals surface area contributed by atoms with Crippen LogP contribution in [0, 0.1) is 11.8 Å². The lowest BCUT2D eigenvalue weighted by molar-refractivity contribution is 0.399. The minimum absolute atomic E-state index is 0.192. The largest absolute Gasteiger partial charge is 0.422 e. The lowest BCUT2D eigenvalue weighted by Crippen LogP contribution is -1.49. The number of hydrogen-bond acceptors (Lipinski definition) is 4. The van der Waals surface area contributed by atoms with E-state index in [-0.39, 0.29) is 4.90 Å². The molecule has 0 saturated heterocycles. The predicted molar refractivity (Wildman–Crippen MR) is 34.7 cm³/mol. The normalized spacial score (nSPS) is 7.89. The summed E-state index contributed by atoms with van der Waals surface area (Å²) in [4.78, 5) is 0.192. The summed E-state index contributed by atoms with van der Waals surface area (Å²) in [5, 5.41) is 7.00. The van der Waals surface area contributed by atoms with E-state index < -0.39 is 0 Å². The molecule has 9 heavy (non-hydrogen) atoms. The summed E-state index contributed by atoms with van der Waals surface area (Å²) < 4.78 is 9.34. The van der Waals surface area contributed by atoms with Crippen molar-refractivity contribution in [1.29, 1.82) is 0 Å². The standard InChI is InChI=1S/C4H4O2S.CH4O/c1-3-2-5-4(7)6-3;1-2/h2H,1H3;2H,1H3. The molecule has 0 unspecified atom stereocenters. The van der Waals surface area contributed by atoms with Crippen LogP contribution < -0.4 is 0 Å². The molecule has 0 aliphatic carbocycles.